The number of hydrogen-bond donors (Lipinski definition) is 0. The zero-order valence-electron chi connectivity index (χ0n) is 25.4. The van der Waals surface area contributed by atoms with E-state index in [1.807, 2.05) is 78.1 Å². The summed E-state index contributed by atoms with van der Waals surface area (Å²) in [6.07, 6.45) is 0. The smallest absolute Gasteiger partial charge is 0.171 e. The highest BCUT2D eigenvalue weighted by Gasteiger charge is 2.29. The van der Waals surface area contributed by atoms with Gasteiger partial charge in [0.15, 0.2) is 7.14 Å². The van der Waals surface area contributed by atoms with Crippen LogP contribution in [0.1, 0.15) is 0 Å². The minimum atomic E-state index is -3.04. The van der Waals surface area contributed by atoms with Crippen LogP contribution in [-0.2, 0) is 4.57 Å². The number of aromatic nitrogens is 1. The van der Waals surface area contributed by atoms with Crippen molar-refractivity contribution in [1.29, 1.82) is 0 Å². The van der Waals surface area contributed by atoms with E-state index in [1.54, 1.807) is 0 Å². The summed E-state index contributed by atoms with van der Waals surface area (Å²) in [6, 6.07) is 58.2. The fraction of sp³-hybridized carbons (Fsp3) is 0. The minimum Gasteiger partial charge on any atom is -0.309 e. The largest absolute Gasteiger partial charge is 0.309 e. The molecule has 0 aliphatic carbocycles. The summed E-state index contributed by atoms with van der Waals surface area (Å²) in [5, 5.41) is 8.60. The molecule has 0 unspecified atom stereocenters. The van der Waals surface area contributed by atoms with E-state index in [-0.39, 0.29) is 0 Å². The molecule has 0 radical (unpaired) electrons. The van der Waals surface area contributed by atoms with Crippen LogP contribution in [0.5, 0.6) is 0 Å². The van der Waals surface area contributed by atoms with Crippen LogP contribution in [0.25, 0.3) is 64.2 Å². The van der Waals surface area contributed by atoms with E-state index < -0.39 is 7.14 Å². The maximum absolute atomic E-state index is 15.0. The molecular formula is C43H28NOPS. The van der Waals surface area contributed by atoms with Gasteiger partial charge in [0.2, 0.25) is 0 Å². The van der Waals surface area contributed by atoms with Gasteiger partial charge >= 0.3 is 0 Å². The van der Waals surface area contributed by atoms with Gasteiger partial charge in [0.05, 0.1) is 11.2 Å². The zero-order chi connectivity index (χ0) is 31.4. The van der Waals surface area contributed by atoms with Crippen LogP contribution in [0.3, 0.4) is 0 Å². The highest BCUT2D eigenvalue weighted by atomic mass is 32.1. The van der Waals surface area contributed by atoms with Crippen molar-refractivity contribution in [3.63, 3.8) is 0 Å². The van der Waals surface area contributed by atoms with E-state index >= 15 is 0 Å². The van der Waals surface area contributed by atoms with Gasteiger partial charge < -0.3 is 4.57 Å². The molecule has 0 saturated carbocycles. The van der Waals surface area contributed by atoms with Crippen LogP contribution in [0, 0.1) is 0 Å². The number of thiophene rings is 1. The van der Waals surface area contributed by atoms with E-state index in [0.717, 1.165) is 43.6 Å². The molecule has 2 heterocycles. The van der Waals surface area contributed by atoms with Crippen molar-refractivity contribution in [2.24, 2.45) is 0 Å². The lowest BCUT2D eigenvalue weighted by atomic mass is 9.97. The molecule has 0 spiro atoms. The summed E-state index contributed by atoms with van der Waals surface area (Å²) in [6.45, 7) is 0. The Morgan fingerprint density at radius 1 is 0.426 bits per heavy atom. The average molecular weight is 638 g/mol. The van der Waals surface area contributed by atoms with Crippen molar-refractivity contribution < 1.29 is 4.57 Å². The molecule has 9 aromatic rings. The average Bonchev–Trinajstić information content (AvgIpc) is 3.54. The molecule has 0 aliphatic rings. The van der Waals surface area contributed by atoms with Crippen LogP contribution < -0.4 is 15.9 Å². The fourth-order valence-corrected chi connectivity index (χ4v) is 11.0. The molecule has 0 bridgehead atoms. The lowest BCUT2D eigenvalue weighted by Gasteiger charge is -2.20. The summed E-state index contributed by atoms with van der Waals surface area (Å²) in [4.78, 5) is 5.15. The molecule has 2 aromatic heterocycles. The normalized spacial score (nSPS) is 11.9. The van der Waals surface area contributed by atoms with Gasteiger partial charge in [-0.25, -0.2) is 4.98 Å². The standard InChI is InChI=1S/C43H28NOPS/c45-46(31-15-6-2-7-16-31,32-17-8-3-9-18-32)33-25-23-29(24-26-33)34-20-12-21-35-36-27-28-38-40(43(36)47-42(34)35)37-19-10-11-22-39(37)44-41(38)30-13-4-1-5-14-30/h1-28H. The second-order valence-corrected chi connectivity index (χ2v) is 15.6. The van der Waals surface area contributed by atoms with Crippen molar-refractivity contribution in [3.05, 3.63) is 170 Å². The lowest BCUT2D eigenvalue weighted by molar-refractivity contribution is 0.592. The summed E-state index contributed by atoms with van der Waals surface area (Å²) >= 11 is 1.85. The van der Waals surface area contributed by atoms with Gasteiger partial charge in [-0.05, 0) is 17.2 Å². The Labute approximate surface area is 277 Å². The third-order valence-corrected chi connectivity index (χ3v) is 13.5. The number of rotatable bonds is 5. The van der Waals surface area contributed by atoms with Gasteiger partial charge in [-0.2, -0.15) is 0 Å². The van der Waals surface area contributed by atoms with Crippen molar-refractivity contribution in [2.45, 2.75) is 0 Å². The molecule has 4 heteroatoms. The molecule has 9 rings (SSSR count). The van der Waals surface area contributed by atoms with Crippen molar-refractivity contribution in [2.75, 3.05) is 0 Å². The first kappa shape index (κ1) is 27.9. The van der Waals surface area contributed by atoms with Crippen LogP contribution in [0.2, 0.25) is 0 Å². The zero-order valence-corrected chi connectivity index (χ0v) is 27.1. The number of hydrogen-bond acceptors (Lipinski definition) is 3. The Balaban J connectivity index is 1.24. The molecule has 0 amide bonds. The third-order valence-electron chi connectivity index (χ3n) is 9.16. The molecule has 0 fully saturated rings. The Bertz CT molecular complexity index is 2590. The first-order valence-corrected chi connectivity index (χ1v) is 18.3. The Kier molecular flexibility index (Phi) is 6.64. The molecule has 2 nitrogen and oxygen atoms in total. The molecule has 0 atom stereocenters. The summed E-state index contributed by atoms with van der Waals surface area (Å²) in [7, 11) is -3.04. The van der Waals surface area contributed by atoms with E-state index in [0.29, 0.717) is 0 Å². The Morgan fingerprint density at radius 3 is 1.68 bits per heavy atom. The molecule has 7 aromatic carbocycles. The van der Waals surface area contributed by atoms with Crippen LogP contribution >= 0.6 is 18.5 Å². The van der Waals surface area contributed by atoms with Crippen LogP contribution in [0.4, 0.5) is 0 Å². The van der Waals surface area contributed by atoms with Gasteiger partial charge in [0.1, 0.15) is 0 Å². The SMILES string of the molecule is O=P(c1ccccc1)(c1ccccc1)c1ccc(-c2cccc3c2sc2c3ccc3c(-c4ccccc4)nc4ccccc4c32)cc1. The van der Waals surface area contributed by atoms with Crippen molar-refractivity contribution >= 4 is 76.2 Å². The van der Waals surface area contributed by atoms with Gasteiger partial charge in [-0.1, -0.05) is 164 Å². The highest BCUT2D eigenvalue weighted by Crippen LogP contribution is 2.47. The summed E-state index contributed by atoms with van der Waals surface area (Å²) in [5.41, 5.74) is 5.42. The van der Waals surface area contributed by atoms with Gasteiger partial charge in [-0.3, -0.25) is 0 Å². The molecule has 0 saturated heterocycles. The first-order chi connectivity index (χ1) is 23.2. The topological polar surface area (TPSA) is 30.0 Å². The highest BCUT2D eigenvalue weighted by molar-refractivity contribution is 7.85. The quantitative estimate of drug-likeness (QED) is 0.139. The summed E-state index contributed by atoms with van der Waals surface area (Å²) < 4.78 is 17.5. The first-order valence-electron chi connectivity index (χ1n) is 15.7. The van der Waals surface area contributed by atoms with E-state index in [2.05, 4.69) is 103 Å². The molecular weight excluding hydrogens is 610 g/mol. The van der Waals surface area contributed by atoms with Gasteiger partial charge in [0.25, 0.3) is 0 Å². The van der Waals surface area contributed by atoms with Gasteiger partial charge in [0, 0.05) is 57.8 Å². The van der Waals surface area contributed by atoms with Gasteiger partial charge in [-0.15, -0.1) is 11.3 Å². The second kappa shape index (κ2) is 11.2. The predicted octanol–water partition coefficient (Wildman–Crippen LogP) is 10.7. The number of nitrogens with zero attached hydrogens (tertiary/aromatic N) is 1. The van der Waals surface area contributed by atoms with Crippen molar-refractivity contribution in [1.82, 2.24) is 4.98 Å². The minimum absolute atomic E-state index is 0.834. The maximum Gasteiger partial charge on any atom is 0.171 e. The summed E-state index contributed by atoms with van der Waals surface area (Å²) in [5.74, 6) is 0. The van der Waals surface area contributed by atoms with Crippen LogP contribution in [-0.4, -0.2) is 4.98 Å². The number of benzene rings is 7. The molecule has 0 aliphatic heterocycles. The van der Waals surface area contributed by atoms with Crippen molar-refractivity contribution in [3.8, 4) is 22.4 Å². The maximum atomic E-state index is 15.0. The third kappa shape index (κ3) is 4.47. The second-order valence-electron chi connectivity index (χ2n) is 11.8. The molecule has 0 N–H and O–H groups in total. The molecule has 47 heavy (non-hydrogen) atoms. The number of pyridine rings is 1. The predicted molar refractivity (Wildman–Crippen MR) is 202 cm³/mol. The number of fused-ring (bicyclic) bond motifs is 7. The molecule has 222 valence electrons. The fourth-order valence-electron chi connectivity index (χ4n) is 6.91. The monoisotopic (exact) mass is 637 g/mol. The Morgan fingerprint density at radius 2 is 0.979 bits per heavy atom. The number of para-hydroxylation sites is 1. The van der Waals surface area contributed by atoms with E-state index in [4.69, 9.17) is 4.98 Å². The van der Waals surface area contributed by atoms with E-state index in [1.165, 1.54) is 36.5 Å². The Hall–Kier alpha value is -5.34. The lowest BCUT2D eigenvalue weighted by Crippen LogP contribution is -2.24. The van der Waals surface area contributed by atoms with Crippen LogP contribution in [0.15, 0.2) is 170 Å². The van der Waals surface area contributed by atoms with E-state index in [9.17, 15) is 4.57 Å².